The van der Waals surface area contributed by atoms with Crippen LogP contribution >= 0.6 is 15.9 Å². The first-order chi connectivity index (χ1) is 8.01. The predicted octanol–water partition coefficient (Wildman–Crippen LogP) is 4.38. The molecular weight excluding hydrogens is 283 g/mol. The zero-order valence-corrected chi connectivity index (χ0v) is 11.6. The zero-order chi connectivity index (χ0) is 12.5. The molecule has 1 aliphatic carbocycles. The van der Waals surface area contributed by atoms with Crippen molar-refractivity contribution in [3.8, 4) is 0 Å². The van der Waals surface area contributed by atoms with Gasteiger partial charge in [-0.3, -0.25) is 0 Å². The van der Waals surface area contributed by atoms with Gasteiger partial charge in [0.05, 0.1) is 5.60 Å². The Bertz CT molecular complexity index is 397. The molecule has 1 aromatic carbocycles. The molecule has 0 amide bonds. The number of halogens is 2. The van der Waals surface area contributed by atoms with E-state index in [4.69, 9.17) is 0 Å². The Morgan fingerprint density at radius 2 is 1.94 bits per heavy atom. The van der Waals surface area contributed by atoms with E-state index in [1.54, 1.807) is 19.1 Å². The average Bonchev–Trinajstić information content (AvgIpc) is 2.33. The SMILES string of the molecule is CC(O)(c1cc(Br)ccc1F)C1CCCCC1. The van der Waals surface area contributed by atoms with Gasteiger partial charge < -0.3 is 5.11 Å². The number of hydrogen-bond acceptors (Lipinski definition) is 1. The van der Waals surface area contributed by atoms with Crippen LogP contribution in [0.3, 0.4) is 0 Å². The molecule has 0 bridgehead atoms. The molecule has 1 unspecified atom stereocenters. The van der Waals surface area contributed by atoms with Gasteiger partial charge in [-0.2, -0.15) is 0 Å². The molecule has 0 heterocycles. The van der Waals surface area contributed by atoms with Crippen molar-refractivity contribution >= 4 is 15.9 Å². The normalized spacial score (nSPS) is 21.2. The molecular formula is C14H18BrFO. The predicted molar refractivity (Wildman–Crippen MR) is 70.2 cm³/mol. The molecule has 17 heavy (non-hydrogen) atoms. The van der Waals surface area contributed by atoms with Crippen molar-refractivity contribution in [3.05, 3.63) is 34.1 Å². The van der Waals surface area contributed by atoms with Gasteiger partial charge >= 0.3 is 0 Å². The van der Waals surface area contributed by atoms with E-state index in [0.717, 1.165) is 30.2 Å². The van der Waals surface area contributed by atoms with Gasteiger partial charge in [-0.25, -0.2) is 4.39 Å². The third-order valence-electron chi connectivity index (χ3n) is 3.87. The van der Waals surface area contributed by atoms with Crippen molar-refractivity contribution < 1.29 is 9.50 Å². The van der Waals surface area contributed by atoms with Crippen LogP contribution in [-0.2, 0) is 5.60 Å². The summed E-state index contributed by atoms with van der Waals surface area (Å²) < 4.78 is 14.6. The van der Waals surface area contributed by atoms with Crippen molar-refractivity contribution in [2.45, 2.75) is 44.6 Å². The van der Waals surface area contributed by atoms with Crippen LogP contribution in [0.1, 0.15) is 44.6 Å². The first kappa shape index (κ1) is 13.0. The summed E-state index contributed by atoms with van der Waals surface area (Å²) in [5.74, 6) is -0.149. The third-order valence-corrected chi connectivity index (χ3v) is 4.37. The maximum Gasteiger partial charge on any atom is 0.129 e. The highest BCUT2D eigenvalue weighted by Crippen LogP contribution is 2.40. The van der Waals surface area contributed by atoms with Crippen molar-refractivity contribution in [2.75, 3.05) is 0 Å². The summed E-state index contributed by atoms with van der Waals surface area (Å²) in [6, 6.07) is 4.77. The highest BCUT2D eigenvalue weighted by Gasteiger charge is 2.36. The number of aliphatic hydroxyl groups is 1. The number of benzene rings is 1. The van der Waals surface area contributed by atoms with Crippen molar-refractivity contribution in [2.24, 2.45) is 5.92 Å². The molecule has 0 radical (unpaired) electrons. The Morgan fingerprint density at radius 1 is 1.29 bits per heavy atom. The summed E-state index contributed by atoms with van der Waals surface area (Å²) in [6.45, 7) is 1.74. The summed E-state index contributed by atoms with van der Waals surface area (Å²) >= 11 is 3.34. The molecule has 2 rings (SSSR count). The summed E-state index contributed by atoms with van der Waals surface area (Å²) in [7, 11) is 0. The quantitative estimate of drug-likeness (QED) is 0.859. The molecule has 1 atom stereocenters. The van der Waals surface area contributed by atoms with Crippen LogP contribution in [0.5, 0.6) is 0 Å². The van der Waals surface area contributed by atoms with E-state index in [0.29, 0.717) is 5.56 Å². The topological polar surface area (TPSA) is 20.2 Å². The van der Waals surface area contributed by atoms with E-state index in [9.17, 15) is 9.50 Å². The van der Waals surface area contributed by atoms with Crippen LogP contribution in [0.15, 0.2) is 22.7 Å². The van der Waals surface area contributed by atoms with E-state index in [-0.39, 0.29) is 11.7 Å². The van der Waals surface area contributed by atoms with Gasteiger partial charge in [0.15, 0.2) is 0 Å². The van der Waals surface area contributed by atoms with E-state index in [2.05, 4.69) is 15.9 Å². The summed E-state index contributed by atoms with van der Waals surface area (Å²) in [5, 5.41) is 10.7. The molecule has 94 valence electrons. The Labute approximate surface area is 110 Å². The van der Waals surface area contributed by atoms with Gasteiger partial charge in [-0.1, -0.05) is 35.2 Å². The fraction of sp³-hybridized carbons (Fsp3) is 0.571. The Hall–Kier alpha value is -0.410. The molecule has 1 saturated carbocycles. The van der Waals surface area contributed by atoms with Crippen molar-refractivity contribution in [3.63, 3.8) is 0 Å². The molecule has 0 saturated heterocycles. The minimum atomic E-state index is -1.06. The monoisotopic (exact) mass is 300 g/mol. The lowest BCUT2D eigenvalue weighted by Crippen LogP contribution is -2.34. The first-order valence-electron chi connectivity index (χ1n) is 6.19. The standard InChI is InChI=1S/C14H18BrFO/c1-14(17,10-5-3-2-4-6-10)12-9-11(15)7-8-13(12)16/h7-10,17H,2-6H2,1H3. The first-order valence-corrected chi connectivity index (χ1v) is 6.99. The van der Waals surface area contributed by atoms with Gasteiger partial charge in [-0.05, 0) is 43.9 Å². The minimum absolute atomic E-state index is 0.167. The Morgan fingerprint density at radius 3 is 2.59 bits per heavy atom. The summed E-state index contributed by atoms with van der Waals surface area (Å²) in [4.78, 5) is 0. The van der Waals surface area contributed by atoms with Gasteiger partial charge in [-0.15, -0.1) is 0 Å². The average molecular weight is 301 g/mol. The molecule has 3 heteroatoms. The summed E-state index contributed by atoms with van der Waals surface area (Å²) in [6.07, 6.45) is 5.47. The van der Waals surface area contributed by atoms with Crippen LogP contribution in [0.25, 0.3) is 0 Å². The van der Waals surface area contributed by atoms with Gasteiger partial charge in [0.2, 0.25) is 0 Å². The fourth-order valence-electron chi connectivity index (χ4n) is 2.77. The second-order valence-electron chi connectivity index (χ2n) is 5.11. The zero-order valence-electron chi connectivity index (χ0n) is 10.0. The molecule has 1 N–H and O–H groups in total. The number of rotatable bonds is 2. The van der Waals surface area contributed by atoms with Crippen LogP contribution < -0.4 is 0 Å². The van der Waals surface area contributed by atoms with Crippen LogP contribution in [0, 0.1) is 11.7 Å². The highest BCUT2D eigenvalue weighted by molar-refractivity contribution is 9.10. The lowest BCUT2D eigenvalue weighted by atomic mass is 9.74. The van der Waals surface area contributed by atoms with Gasteiger partial charge in [0.1, 0.15) is 5.82 Å². The lowest BCUT2D eigenvalue weighted by Gasteiger charge is -2.36. The second-order valence-corrected chi connectivity index (χ2v) is 6.02. The van der Waals surface area contributed by atoms with E-state index in [1.807, 2.05) is 0 Å². The van der Waals surface area contributed by atoms with Gasteiger partial charge in [0.25, 0.3) is 0 Å². The van der Waals surface area contributed by atoms with Crippen LogP contribution in [-0.4, -0.2) is 5.11 Å². The fourth-order valence-corrected chi connectivity index (χ4v) is 3.13. The summed E-state index contributed by atoms with van der Waals surface area (Å²) in [5.41, 5.74) is -0.646. The van der Waals surface area contributed by atoms with E-state index >= 15 is 0 Å². The van der Waals surface area contributed by atoms with Crippen LogP contribution in [0.4, 0.5) is 4.39 Å². The molecule has 0 aromatic heterocycles. The molecule has 0 spiro atoms. The number of hydrogen-bond donors (Lipinski definition) is 1. The second kappa shape index (κ2) is 5.07. The van der Waals surface area contributed by atoms with Crippen molar-refractivity contribution in [1.29, 1.82) is 0 Å². The Balaban J connectivity index is 2.32. The van der Waals surface area contributed by atoms with Gasteiger partial charge in [0, 0.05) is 10.0 Å². The molecule has 1 aliphatic rings. The maximum atomic E-state index is 13.8. The van der Waals surface area contributed by atoms with Crippen molar-refractivity contribution in [1.82, 2.24) is 0 Å². The van der Waals surface area contributed by atoms with E-state index < -0.39 is 5.60 Å². The Kier molecular flexibility index (Phi) is 3.88. The molecule has 1 fully saturated rings. The largest absolute Gasteiger partial charge is 0.385 e. The maximum absolute atomic E-state index is 13.8. The third kappa shape index (κ3) is 2.71. The smallest absolute Gasteiger partial charge is 0.129 e. The molecule has 1 nitrogen and oxygen atoms in total. The van der Waals surface area contributed by atoms with Crippen LogP contribution in [0.2, 0.25) is 0 Å². The highest BCUT2D eigenvalue weighted by atomic mass is 79.9. The lowest BCUT2D eigenvalue weighted by molar-refractivity contribution is -0.0243. The van der Waals surface area contributed by atoms with E-state index in [1.165, 1.54) is 12.5 Å². The molecule has 0 aliphatic heterocycles. The molecule has 1 aromatic rings. The minimum Gasteiger partial charge on any atom is -0.385 e.